The van der Waals surface area contributed by atoms with Crippen molar-refractivity contribution in [1.82, 2.24) is 15.2 Å². The van der Waals surface area contributed by atoms with E-state index in [0.717, 1.165) is 23.2 Å². The van der Waals surface area contributed by atoms with Gasteiger partial charge in [0.15, 0.2) is 0 Å². The standard InChI is InChI=1S/C19H19N3O2/c1-11-5-12(2)7-14(6-11)16-4-3-13(9-20-16)15-8-17(15)22-18(23)10-21-19(22)24/h3-7,9,15,17H,8,10H2,1-2H3,(H,21,24)/t15-,17+/m0/s1. The Balaban J connectivity index is 1.53. The van der Waals surface area contributed by atoms with Crippen LogP contribution < -0.4 is 5.32 Å². The van der Waals surface area contributed by atoms with E-state index in [-0.39, 0.29) is 30.4 Å². The fourth-order valence-corrected chi connectivity index (χ4v) is 3.51. The average Bonchev–Trinajstić information content (AvgIpc) is 3.25. The highest BCUT2D eigenvalue weighted by Crippen LogP contribution is 2.45. The minimum absolute atomic E-state index is 0.0196. The number of carbonyl (C=O) groups is 2. The number of amides is 3. The first-order chi connectivity index (χ1) is 11.5. The molecule has 2 fully saturated rings. The number of hydrogen-bond donors (Lipinski definition) is 1. The van der Waals surface area contributed by atoms with Gasteiger partial charge in [-0.3, -0.25) is 14.7 Å². The molecule has 1 saturated carbocycles. The summed E-state index contributed by atoms with van der Waals surface area (Å²) < 4.78 is 0. The van der Waals surface area contributed by atoms with E-state index in [0.29, 0.717) is 0 Å². The number of hydrogen-bond acceptors (Lipinski definition) is 3. The Labute approximate surface area is 140 Å². The minimum Gasteiger partial charge on any atom is -0.329 e. The topological polar surface area (TPSA) is 62.3 Å². The molecule has 1 aliphatic carbocycles. The number of aromatic nitrogens is 1. The molecule has 0 spiro atoms. The van der Waals surface area contributed by atoms with Crippen LogP contribution in [-0.4, -0.2) is 34.4 Å². The van der Waals surface area contributed by atoms with Crippen molar-refractivity contribution in [1.29, 1.82) is 0 Å². The molecule has 5 heteroatoms. The molecule has 4 rings (SSSR count). The number of pyridine rings is 1. The van der Waals surface area contributed by atoms with Crippen molar-refractivity contribution in [3.63, 3.8) is 0 Å². The lowest BCUT2D eigenvalue weighted by atomic mass is 10.0. The van der Waals surface area contributed by atoms with E-state index in [1.807, 2.05) is 12.3 Å². The molecule has 2 aliphatic rings. The first-order valence-electron chi connectivity index (χ1n) is 8.17. The number of aryl methyl sites for hydroxylation is 2. The van der Waals surface area contributed by atoms with Gasteiger partial charge in [-0.1, -0.05) is 23.3 Å². The van der Waals surface area contributed by atoms with Crippen molar-refractivity contribution in [2.75, 3.05) is 6.54 Å². The normalized spacial score (nSPS) is 22.7. The monoisotopic (exact) mass is 321 g/mol. The Bertz CT molecular complexity index is 793. The van der Waals surface area contributed by atoms with Gasteiger partial charge in [-0.2, -0.15) is 0 Å². The molecule has 2 atom stereocenters. The van der Waals surface area contributed by atoms with E-state index in [9.17, 15) is 9.59 Å². The van der Waals surface area contributed by atoms with Gasteiger partial charge in [-0.25, -0.2) is 4.79 Å². The third kappa shape index (κ3) is 2.56. The van der Waals surface area contributed by atoms with E-state index in [2.05, 4.69) is 48.4 Å². The first-order valence-corrected chi connectivity index (χ1v) is 8.17. The van der Waals surface area contributed by atoms with Crippen molar-refractivity contribution < 1.29 is 9.59 Å². The van der Waals surface area contributed by atoms with Crippen LogP contribution in [0.2, 0.25) is 0 Å². The van der Waals surface area contributed by atoms with Crippen molar-refractivity contribution in [2.24, 2.45) is 0 Å². The summed E-state index contributed by atoms with van der Waals surface area (Å²) in [4.78, 5) is 29.4. The number of benzene rings is 1. The fourth-order valence-electron chi connectivity index (χ4n) is 3.51. The van der Waals surface area contributed by atoms with Crippen LogP contribution >= 0.6 is 0 Å². The SMILES string of the molecule is Cc1cc(C)cc(-c2ccc([C@@H]3C[C@H]3N3C(=O)CNC3=O)cn2)c1. The number of urea groups is 1. The van der Waals surface area contributed by atoms with Crippen LogP contribution in [0.5, 0.6) is 0 Å². The summed E-state index contributed by atoms with van der Waals surface area (Å²) in [5, 5.41) is 2.58. The van der Waals surface area contributed by atoms with E-state index in [1.54, 1.807) is 0 Å². The van der Waals surface area contributed by atoms with E-state index in [1.165, 1.54) is 16.0 Å². The predicted octanol–water partition coefficient (Wildman–Crippen LogP) is 2.77. The van der Waals surface area contributed by atoms with Gasteiger partial charge in [0.05, 0.1) is 12.2 Å². The summed E-state index contributed by atoms with van der Waals surface area (Å²) in [5.74, 6) is 0.0749. The highest BCUT2D eigenvalue weighted by molar-refractivity contribution is 6.02. The molecule has 1 N–H and O–H groups in total. The third-order valence-electron chi connectivity index (χ3n) is 4.70. The third-order valence-corrected chi connectivity index (χ3v) is 4.70. The molecule has 2 aromatic rings. The van der Waals surface area contributed by atoms with Gasteiger partial charge in [0.1, 0.15) is 0 Å². The van der Waals surface area contributed by atoms with Crippen molar-refractivity contribution in [3.05, 3.63) is 53.2 Å². The smallest absolute Gasteiger partial charge is 0.324 e. The maximum absolute atomic E-state index is 11.8. The summed E-state index contributed by atoms with van der Waals surface area (Å²) in [6.45, 7) is 4.28. The van der Waals surface area contributed by atoms with Gasteiger partial charge < -0.3 is 5.32 Å². The number of carbonyl (C=O) groups excluding carboxylic acids is 2. The van der Waals surface area contributed by atoms with Gasteiger partial charge in [0, 0.05) is 23.7 Å². The van der Waals surface area contributed by atoms with E-state index >= 15 is 0 Å². The minimum atomic E-state index is -0.271. The molecule has 0 radical (unpaired) electrons. The summed E-state index contributed by atoms with van der Waals surface area (Å²) in [7, 11) is 0. The van der Waals surface area contributed by atoms with Crippen LogP contribution in [-0.2, 0) is 4.79 Å². The molecule has 24 heavy (non-hydrogen) atoms. The Hall–Kier alpha value is -2.69. The van der Waals surface area contributed by atoms with Crippen LogP contribution in [0.15, 0.2) is 36.5 Å². The van der Waals surface area contributed by atoms with Gasteiger partial charge >= 0.3 is 6.03 Å². The zero-order chi connectivity index (χ0) is 16.8. The predicted molar refractivity (Wildman–Crippen MR) is 90.5 cm³/mol. The maximum Gasteiger partial charge on any atom is 0.324 e. The lowest BCUT2D eigenvalue weighted by Gasteiger charge is -2.12. The zero-order valence-corrected chi connectivity index (χ0v) is 13.7. The van der Waals surface area contributed by atoms with Crippen LogP contribution in [0, 0.1) is 13.8 Å². The second-order valence-electron chi connectivity index (χ2n) is 6.69. The average molecular weight is 321 g/mol. The molecule has 1 aromatic carbocycles. The largest absolute Gasteiger partial charge is 0.329 e. The van der Waals surface area contributed by atoms with Gasteiger partial charge in [0.25, 0.3) is 0 Å². The molecule has 1 aliphatic heterocycles. The molecule has 2 heterocycles. The van der Waals surface area contributed by atoms with E-state index < -0.39 is 0 Å². The zero-order valence-electron chi connectivity index (χ0n) is 13.7. The van der Waals surface area contributed by atoms with Crippen LogP contribution in [0.3, 0.4) is 0 Å². The van der Waals surface area contributed by atoms with Crippen LogP contribution in [0.4, 0.5) is 4.79 Å². The number of imide groups is 1. The summed E-state index contributed by atoms with van der Waals surface area (Å²) in [6, 6.07) is 10.2. The lowest BCUT2D eigenvalue weighted by Crippen LogP contribution is -2.33. The second-order valence-corrected chi connectivity index (χ2v) is 6.69. The summed E-state index contributed by atoms with van der Waals surface area (Å²) in [5.41, 5.74) is 5.58. The van der Waals surface area contributed by atoms with Gasteiger partial charge in [0.2, 0.25) is 5.91 Å². The van der Waals surface area contributed by atoms with Crippen LogP contribution in [0.1, 0.15) is 29.0 Å². The number of rotatable bonds is 3. The second kappa shape index (κ2) is 5.44. The molecule has 5 nitrogen and oxygen atoms in total. The maximum atomic E-state index is 11.8. The molecule has 1 saturated heterocycles. The van der Waals surface area contributed by atoms with Gasteiger partial charge in [-0.05, 0) is 44.0 Å². The van der Waals surface area contributed by atoms with Crippen molar-refractivity contribution in [2.45, 2.75) is 32.2 Å². The van der Waals surface area contributed by atoms with Crippen molar-refractivity contribution >= 4 is 11.9 Å². The molecular formula is C19H19N3O2. The van der Waals surface area contributed by atoms with E-state index in [4.69, 9.17) is 0 Å². The number of nitrogens with zero attached hydrogens (tertiary/aromatic N) is 2. The van der Waals surface area contributed by atoms with Gasteiger partial charge in [-0.15, -0.1) is 0 Å². The molecule has 0 unspecified atom stereocenters. The molecule has 1 aromatic heterocycles. The molecular weight excluding hydrogens is 302 g/mol. The highest BCUT2D eigenvalue weighted by Gasteiger charge is 2.49. The molecule has 3 amide bonds. The summed E-state index contributed by atoms with van der Waals surface area (Å²) in [6.07, 6.45) is 2.69. The molecule has 122 valence electrons. The Morgan fingerprint density at radius 1 is 1.12 bits per heavy atom. The first kappa shape index (κ1) is 14.9. The Morgan fingerprint density at radius 2 is 1.88 bits per heavy atom. The Kier molecular flexibility index (Phi) is 3.37. The molecule has 0 bridgehead atoms. The Morgan fingerprint density at radius 3 is 2.46 bits per heavy atom. The quantitative estimate of drug-likeness (QED) is 0.884. The lowest BCUT2D eigenvalue weighted by molar-refractivity contribution is -0.125. The summed E-state index contributed by atoms with van der Waals surface area (Å²) >= 11 is 0. The highest BCUT2D eigenvalue weighted by atomic mass is 16.2. The van der Waals surface area contributed by atoms with Crippen LogP contribution in [0.25, 0.3) is 11.3 Å². The number of nitrogens with one attached hydrogen (secondary N) is 1. The fraction of sp³-hybridized carbons (Fsp3) is 0.316. The van der Waals surface area contributed by atoms with Crippen molar-refractivity contribution in [3.8, 4) is 11.3 Å².